The molecule has 1 saturated heterocycles. The van der Waals surface area contributed by atoms with Gasteiger partial charge in [-0.05, 0) is 48.9 Å². The lowest BCUT2D eigenvalue weighted by Crippen LogP contribution is -2.42. The molecule has 0 saturated carbocycles. The van der Waals surface area contributed by atoms with E-state index in [1.54, 1.807) is 12.1 Å². The van der Waals surface area contributed by atoms with E-state index in [9.17, 15) is 14.3 Å². The monoisotopic (exact) mass is 401 g/mol. The molecule has 4 rings (SSSR count). The van der Waals surface area contributed by atoms with Gasteiger partial charge in [0.1, 0.15) is 11.5 Å². The van der Waals surface area contributed by atoms with Gasteiger partial charge in [-0.25, -0.2) is 9.37 Å². The number of hydrogen-bond donors (Lipinski definition) is 1. The molecule has 148 valence electrons. The molecule has 1 amide bonds. The summed E-state index contributed by atoms with van der Waals surface area (Å²) in [6, 6.07) is 6.19. The predicted octanol–water partition coefficient (Wildman–Crippen LogP) is 4.07. The molecule has 1 aliphatic heterocycles. The number of carbonyl (C=O) groups excluding carboxylic acids is 1. The molecule has 5 nitrogen and oxygen atoms in total. The second kappa shape index (κ2) is 7.64. The van der Waals surface area contributed by atoms with Crippen molar-refractivity contribution in [3.05, 3.63) is 47.4 Å². The van der Waals surface area contributed by atoms with Crippen molar-refractivity contribution in [2.45, 2.75) is 32.8 Å². The van der Waals surface area contributed by atoms with Crippen LogP contribution in [0.3, 0.4) is 0 Å². The average molecular weight is 402 g/mol. The minimum absolute atomic E-state index is 0.00760. The SMILES string of the molecule is CC(C)[C@H](O)C1CCN(C(=O)c2csc3nc(-c4ccc(F)cc4)cn23)CC1. The summed E-state index contributed by atoms with van der Waals surface area (Å²) < 4.78 is 15.0. The summed E-state index contributed by atoms with van der Waals surface area (Å²) in [5, 5.41) is 12.1. The third kappa shape index (κ3) is 3.56. The van der Waals surface area contributed by atoms with Gasteiger partial charge in [-0.15, -0.1) is 11.3 Å². The zero-order valence-corrected chi connectivity index (χ0v) is 16.8. The van der Waals surface area contributed by atoms with Gasteiger partial charge in [0.25, 0.3) is 5.91 Å². The molecule has 2 aromatic heterocycles. The normalized spacial score (nSPS) is 16.8. The first-order valence-electron chi connectivity index (χ1n) is 9.64. The van der Waals surface area contributed by atoms with E-state index in [2.05, 4.69) is 4.98 Å². The molecule has 0 bridgehead atoms. The number of aromatic nitrogens is 2. The van der Waals surface area contributed by atoms with Crippen LogP contribution in [0.25, 0.3) is 16.2 Å². The fourth-order valence-corrected chi connectivity index (χ4v) is 4.69. The van der Waals surface area contributed by atoms with Crippen LogP contribution in [0, 0.1) is 17.7 Å². The van der Waals surface area contributed by atoms with Gasteiger partial charge in [-0.1, -0.05) is 13.8 Å². The highest BCUT2D eigenvalue weighted by atomic mass is 32.1. The summed E-state index contributed by atoms with van der Waals surface area (Å²) in [6.07, 6.45) is 3.17. The number of nitrogens with zero attached hydrogens (tertiary/aromatic N) is 3. The van der Waals surface area contributed by atoms with Crippen LogP contribution in [0.2, 0.25) is 0 Å². The Hall–Kier alpha value is -2.25. The molecule has 0 aliphatic carbocycles. The van der Waals surface area contributed by atoms with Crippen molar-refractivity contribution in [3.63, 3.8) is 0 Å². The highest BCUT2D eigenvalue weighted by Crippen LogP contribution is 2.28. The first-order valence-corrected chi connectivity index (χ1v) is 10.5. The van der Waals surface area contributed by atoms with Crippen LogP contribution in [0.1, 0.15) is 37.2 Å². The molecule has 1 fully saturated rings. The van der Waals surface area contributed by atoms with E-state index >= 15 is 0 Å². The number of aliphatic hydroxyl groups is 1. The number of amides is 1. The maximum absolute atomic E-state index is 13.2. The second-order valence-electron chi connectivity index (χ2n) is 7.77. The van der Waals surface area contributed by atoms with Crippen molar-refractivity contribution in [1.29, 1.82) is 0 Å². The van der Waals surface area contributed by atoms with Crippen molar-refractivity contribution < 1.29 is 14.3 Å². The van der Waals surface area contributed by atoms with E-state index in [0.717, 1.165) is 29.1 Å². The van der Waals surface area contributed by atoms with Crippen LogP contribution in [-0.2, 0) is 0 Å². The van der Waals surface area contributed by atoms with Crippen molar-refractivity contribution >= 4 is 22.2 Å². The van der Waals surface area contributed by atoms with E-state index < -0.39 is 0 Å². The third-order valence-electron chi connectivity index (χ3n) is 5.56. The molecular formula is C21H24FN3O2S. The molecule has 7 heteroatoms. The Morgan fingerprint density at radius 3 is 2.57 bits per heavy atom. The van der Waals surface area contributed by atoms with E-state index in [-0.39, 0.29) is 29.7 Å². The van der Waals surface area contributed by atoms with Gasteiger partial charge in [-0.2, -0.15) is 0 Å². The predicted molar refractivity (Wildman–Crippen MR) is 108 cm³/mol. The Bertz CT molecular complexity index is 971. The van der Waals surface area contributed by atoms with Gasteiger partial charge in [0.05, 0.1) is 11.8 Å². The number of imidazole rings is 1. The van der Waals surface area contributed by atoms with Crippen LogP contribution >= 0.6 is 11.3 Å². The van der Waals surface area contributed by atoms with Crippen molar-refractivity contribution in [3.8, 4) is 11.3 Å². The maximum atomic E-state index is 13.2. The first kappa shape index (κ1) is 19.1. The van der Waals surface area contributed by atoms with Gasteiger partial charge < -0.3 is 10.0 Å². The number of aliphatic hydroxyl groups excluding tert-OH is 1. The van der Waals surface area contributed by atoms with Crippen LogP contribution in [-0.4, -0.2) is 44.5 Å². The smallest absolute Gasteiger partial charge is 0.271 e. The largest absolute Gasteiger partial charge is 0.393 e. The number of piperidine rings is 1. The molecule has 0 unspecified atom stereocenters. The number of rotatable bonds is 4. The van der Waals surface area contributed by atoms with Gasteiger partial charge in [0, 0.05) is 30.2 Å². The summed E-state index contributed by atoms with van der Waals surface area (Å²) in [5.74, 6) is 0.197. The highest BCUT2D eigenvalue weighted by Gasteiger charge is 2.30. The Kier molecular flexibility index (Phi) is 5.21. The van der Waals surface area contributed by atoms with E-state index in [0.29, 0.717) is 18.8 Å². The quantitative estimate of drug-likeness (QED) is 0.717. The molecule has 1 aromatic carbocycles. The summed E-state index contributed by atoms with van der Waals surface area (Å²) in [4.78, 5) is 20.2. The molecule has 0 spiro atoms. The first-order chi connectivity index (χ1) is 13.4. The zero-order valence-electron chi connectivity index (χ0n) is 16.0. The fourth-order valence-electron chi connectivity index (χ4n) is 3.85. The number of benzene rings is 1. The molecule has 1 aliphatic rings. The summed E-state index contributed by atoms with van der Waals surface area (Å²) in [5.41, 5.74) is 2.14. The molecule has 3 heterocycles. The van der Waals surface area contributed by atoms with Gasteiger partial charge in [-0.3, -0.25) is 9.20 Å². The average Bonchev–Trinajstić information content (AvgIpc) is 3.28. The molecule has 1 N–H and O–H groups in total. The Morgan fingerprint density at radius 1 is 1.25 bits per heavy atom. The number of thiazole rings is 1. The molecule has 1 atom stereocenters. The van der Waals surface area contributed by atoms with E-state index in [1.165, 1.54) is 23.5 Å². The van der Waals surface area contributed by atoms with Crippen LogP contribution in [0.5, 0.6) is 0 Å². The molecule has 28 heavy (non-hydrogen) atoms. The van der Waals surface area contributed by atoms with Crippen molar-refractivity contribution in [1.82, 2.24) is 14.3 Å². The minimum Gasteiger partial charge on any atom is -0.393 e. The highest BCUT2D eigenvalue weighted by molar-refractivity contribution is 7.15. The number of likely N-dealkylation sites (tertiary alicyclic amines) is 1. The van der Waals surface area contributed by atoms with Crippen molar-refractivity contribution in [2.75, 3.05) is 13.1 Å². The Morgan fingerprint density at radius 2 is 1.93 bits per heavy atom. The number of carbonyl (C=O) groups is 1. The van der Waals surface area contributed by atoms with Gasteiger partial charge >= 0.3 is 0 Å². The van der Waals surface area contributed by atoms with Crippen LogP contribution in [0.15, 0.2) is 35.8 Å². The van der Waals surface area contributed by atoms with Crippen LogP contribution in [0.4, 0.5) is 4.39 Å². The molecular weight excluding hydrogens is 377 g/mol. The maximum Gasteiger partial charge on any atom is 0.271 e. The Balaban J connectivity index is 1.51. The number of fused-ring (bicyclic) bond motifs is 1. The lowest BCUT2D eigenvalue weighted by molar-refractivity contribution is 0.0259. The lowest BCUT2D eigenvalue weighted by Gasteiger charge is -2.35. The van der Waals surface area contributed by atoms with E-state index in [4.69, 9.17) is 0 Å². The molecule has 3 aromatic rings. The topological polar surface area (TPSA) is 57.8 Å². The Labute approximate surface area is 167 Å². The molecule has 0 radical (unpaired) electrons. The lowest BCUT2D eigenvalue weighted by atomic mass is 9.85. The van der Waals surface area contributed by atoms with Gasteiger partial charge in [0.15, 0.2) is 4.96 Å². The van der Waals surface area contributed by atoms with Gasteiger partial charge in [0.2, 0.25) is 0 Å². The number of halogens is 1. The van der Waals surface area contributed by atoms with Crippen molar-refractivity contribution in [2.24, 2.45) is 11.8 Å². The summed E-state index contributed by atoms with van der Waals surface area (Å²) >= 11 is 1.42. The standard InChI is InChI=1S/C21H24FN3O2S/c1-13(2)19(26)15-7-9-24(10-8-15)20(27)18-12-28-21-23-17(11-25(18)21)14-3-5-16(22)6-4-14/h3-6,11-13,15,19,26H,7-10H2,1-2H3/t19-/m0/s1. The van der Waals surface area contributed by atoms with Crippen LogP contribution < -0.4 is 0 Å². The number of hydrogen-bond acceptors (Lipinski definition) is 4. The fraction of sp³-hybridized carbons (Fsp3) is 0.429. The van der Waals surface area contributed by atoms with E-state index in [1.807, 2.05) is 34.7 Å². The minimum atomic E-state index is -0.308. The summed E-state index contributed by atoms with van der Waals surface area (Å²) in [6.45, 7) is 5.37. The second-order valence-corrected chi connectivity index (χ2v) is 8.61. The third-order valence-corrected chi connectivity index (χ3v) is 6.40. The zero-order chi connectivity index (χ0) is 19.8. The summed E-state index contributed by atoms with van der Waals surface area (Å²) in [7, 11) is 0.